The number of aromatic nitrogens is 4. The number of carbonyl (C=O) groups is 6. The van der Waals surface area contributed by atoms with Crippen molar-refractivity contribution in [2.45, 2.75) is 89.6 Å². The predicted octanol–water partition coefficient (Wildman–Crippen LogP) is 7.55. The van der Waals surface area contributed by atoms with Gasteiger partial charge in [-0.2, -0.15) is 10.5 Å². The van der Waals surface area contributed by atoms with Crippen LogP contribution in [0.1, 0.15) is 84.8 Å². The van der Waals surface area contributed by atoms with Crippen LogP contribution in [0, 0.1) is 22.7 Å². The van der Waals surface area contributed by atoms with Gasteiger partial charge in [0.05, 0.1) is 69.1 Å². The Balaban J connectivity index is 0.000000272. The number of rotatable bonds is 15. The molecule has 0 saturated carbocycles. The third kappa shape index (κ3) is 14.3. The summed E-state index contributed by atoms with van der Waals surface area (Å²) in [7, 11) is 0. The second-order valence-electron chi connectivity index (χ2n) is 19.2. The molecule has 4 heterocycles. The van der Waals surface area contributed by atoms with Gasteiger partial charge >= 0.3 is 5.97 Å². The van der Waals surface area contributed by atoms with Crippen LogP contribution in [-0.4, -0.2) is 93.9 Å². The Bertz CT molecular complexity index is 3550. The molecule has 6 atom stereocenters. The minimum absolute atomic E-state index is 0. The van der Waals surface area contributed by atoms with Crippen molar-refractivity contribution in [3.63, 3.8) is 0 Å². The summed E-state index contributed by atoms with van der Waals surface area (Å²) in [4.78, 5) is 90.3. The number of carboxylic acid groups (broad SMARTS) is 1. The van der Waals surface area contributed by atoms with Crippen LogP contribution in [0.2, 0.25) is 20.1 Å². The molecule has 0 spiro atoms. The number of nitrogens with one attached hydrogen (secondary N) is 3. The second-order valence-corrected chi connectivity index (χ2v) is 21.9. The number of fused-ring (bicyclic) bond motifs is 2. The third-order valence-corrected chi connectivity index (χ3v) is 14.4. The van der Waals surface area contributed by atoms with E-state index in [1.807, 2.05) is 0 Å². The molecule has 0 unspecified atom stereocenters. The van der Waals surface area contributed by atoms with Gasteiger partial charge in [-0.25, -0.2) is 19.8 Å². The van der Waals surface area contributed by atoms with E-state index in [4.69, 9.17) is 86.3 Å². The number of nitriles is 2. The van der Waals surface area contributed by atoms with E-state index in [1.54, 1.807) is 111 Å². The molecule has 4 aromatic carbocycles. The van der Waals surface area contributed by atoms with Gasteiger partial charge < -0.3 is 38.3 Å². The van der Waals surface area contributed by atoms with E-state index in [0.717, 1.165) is 11.1 Å². The maximum atomic E-state index is 14.1. The molecule has 28 heteroatoms. The Morgan fingerprint density at radius 2 is 0.963 bits per heavy atom. The number of nitrogens with zero attached hydrogens (tertiary/aromatic N) is 8. The normalized spacial score (nSPS) is 17.0. The zero-order valence-electron chi connectivity index (χ0n) is 44.4. The number of anilines is 4. The molecule has 428 valence electrons. The smallest absolute Gasteiger partial charge is 0.325 e. The quantitative estimate of drug-likeness (QED) is 0.0488. The minimum Gasteiger partial charge on any atom is -0.480 e. The summed E-state index contributed by atoms with van der Waals surface area (Å²) in [6.45, 7) is 9.60. The molecule has 8 rings (SSSR count). The first kappa shape index (κ1) is 65.1. The number of nitrogens with two attached hydrogens (primary N) is 3. The Labute approximate surface area is 508 Å². The predicted molar refractivity (Wildman–Crippen MR) is 322 cm³/mol. The van der Waals surface area contributed by atoms with Crippen molar-refractivity contribution in [1.29, 1.82) is 10.5 Å². The first-order valence-corrected chi connectivity index (χ1v) is 26.6. The molecule has 2 aliphatic rings. The Morgan fingerprint density at radius 1 is 0.622 bits per heavy atom. The highest BCUT2D eigenvalue weighted by atomic mass is 35.5. The second kappa shape index (κ2) is 26.9. The number of halogens is 5. The topological polar surface area (TPSA) is 326 Å². The number of carboxylic acids is 1. The van der Waals surface area contributed by atoms with Gasteiger partial charge in [0.1, 0.15) is 34.5 Å². The van der Waals surface area contributed by atoms with E-state index in [-0.39, 0.29) is 71.4 Å². The van der Waals surface area contributed by atoms with Crippen molar-refractivity contribution in [3.8, 4) is 12.1 Å². The van der Waals surface area contributed by atoms with Crippen LogP contribution in [0.15, 0.2) is 97.3 Å². The molecule has 21 nitrogen and oxygen atoms in total. The first-order valence-electron chi connectivity index (χ1n) is 24.3. The maximum absolute atomic E-state index is 14.1. The average molecular weight is 1250 g/mol. The third-order valence-electron chi connectivity index (χ3n) is 12.8. The molecule has 0 saturated heterocycles. The van der Waals surface area contributed by atoms with Gasteiger partial charge in [0.15, 0.2) is 0 Å². The van der Waals surface area contributed by atoms with Gasteiger partial charge in [0.2, 0.25) is 17.8 Å². The Hall–Kier alpha value is -7.71. The molecule has 5 amide bonds. The molecule has 0 aliphatic carbocycles. The minimum atomic E-state index is -1.31. The monoisotopic (exact) mass is 1250 g/mol. The van der Waals surface area contributed by atoms with Crippen molar-refractivity contribution in [2.75, 3.05) is 9.80 Å². The number of aliphatic carboxylic acids is 1. The summed E-state index contributed by atoms with van der Waals surface area (Å²) in [5.41, 5.74) is 16.4. The Morgan fingerprint density at radius 3 is 1.27 bits per heavy atom. The fourth-order valence-electron chi connectivity index (χ4n) is 8.53. The molecule has 2 aliphatic heterocycles. The average Bonchev–Trinajstić information content (AvgIpc) is 4.17. The molecular formula is C54H53Cl5N14O7S2. The number of carbonyl (C=O) groups excluding carboxylic acids is 5. The first-order chi connectivity index (χ1) is 38.0. The fourth-order valence-corrected chi connectivity index (χ4v) is 9.61. The van der Waals surface area contributed by atoms with Gasteiger partial charge in [-0.05, 0) is 113 Å². The van der Waals surface area contributed by atoms with Crippen LogP contribution >= 0.6 is 83.2 Å². The maximum Gasteiger partial charge on any atom is 0.325 e. The number of amides is 5. The molecule has 0 radical (unpaired) electrons. The summed E-state index contributed by atoms with van der Waals surface area (Å²) in [5, 5.41) is 36.4. The summed E-state index contributed by atoms with van der Waals surface area (Å²) in [5.74, 6) is -3.40. The highest BCUT2D eigenvalue weighted by Crippen LogP contribution is 2.45. The van der Waals surface area contributed by atoms with Crippen molar-refractivity contribution in [2.24, 2.45) is 17.2 Å². The molecule has 82 heavy (non-hydrogen) atoms. The SMILES string of the molecule is C[C@@H](N)C(N)=S.C[C@H](NC(=O)c1cnc2n1[C@](C)(Cc1ccc(C#N)cc1)C(=O)N2c1cc(Cl)cc(Cl)c1)C(=O)N[C@H](C)C(N)=S.C[C@H](NC(=O)c1cnc2n1[C@](C)(Cc1ccc(C#N)cc1)C(=O)N2c1cc(Cl)cc(Cl)c1)C(=O)O.Cl. The summed E-state index contributed by atoms with van der Waals surface area (Å²) in [6, 6.07) is 24.2. The van der Waals surface area contributed by atoms with Gasteiger partial charge in [0, 0.05) is 32.9 Å². The van der Waals surface area contributed by atoms with Crippen molar-refractivity contribution >= 4 is 152 Å². The number of benzene rings is 4. The van der Waals surface area contributed by atoms with E-state index < -0.39 is 52.9 Å². The lowest BCUT2D eigenvalue weighted by molar-refractivity contribution is -0.138. The standard InChI is InChI=1S/C27H25Cl2N7O3S.C24H19Cl2N5O4.C3H8N2S.ClH/c1-14(22(31)40)33-23(37)15(2)34-24(38)21-13-32-26-35(20-9-18(28)8-19(29)10-20)25(39)27(3,36(21)26)11-16-4-6-17(12-30)7-5-16;1-13(21(33)34)29-20(32)19-12-28-23-30(18-8-16(25)7-17(26)9-18)22(35)24(2,31(19)23)10-14-3-5-15(11-27)6-4-14;1-2(4)3(5)6;/h4-10,13-15H,11H2,1-3H3,(H2,31,40)(H,33,37)(H,34,38);3-9,12-13H,10H2,1-2H3,(H,29,32)(H,33,34);2H,4H2,1H3,(H2,5,6);1H/t14-,15+,27-;13-,24+;2-;/m101./s1. The van der Waals surface area contributed by atoms with Crippen molar-refractivity contribution in [3.05, 3.63) is 151 Å². The van der Waals surface area contributed by atoms with Gasteiger partial charge in [-0.3, -0.25) is 37.9 Å². The molecule has 0 fully saturated rings. The summed E-state index contributed by atoms with van der Waals surface area (Å²) in [6.07, 6.45) is 2.98. The lowest BCUT2D eigenvalue weighted by atomic mass is 9.91. The van der Waals surface area contributed by atoms with Crippen LogP contribution in [0.4, 0.5) is 23.3 Å². The van der Waals surface area contributed by atoms with E-state index in [0.29, 0.717) is 47.6 Å². The van der Waals surface area contributed by atoms with E-state index in [9.17, 15) is 33.9 Å². The Kier molecular flexibility index (Phi) is 21.4. The van der Waals surface area contributed by atoms with Crippen molar-refractivity contribution < 1.29 is 33.9 Å². The van der Waals surface area contributed by atoms with E-state index in [2.05, 4.69) is 50.3 Å². The van der Waals surface area contributed by atoms with Crippen LogP contribution in [-0.2, 0) is 43.1 Å². The number of thiocarbonyl (C=S) groups is 2. The number of imidazole rings is 2. The molecule has 0 bridgehead atoms. The zero-order valence-corrected chi connectivity index (χ0v) is 49.9. The highest BCUT2D eigenvalue weighted by Gasteiger charge is 2.52. The highest BCUT2D eigenvalue weighted by molar-refractivity contribution is 7.80. The largest absolute Gasteiger partial charge is 0.480 e. The number of hydrogen-bond acceptors (Lipinski definition) is 13. The zero-order chi connectivity index (χ0) is 60.0. The van der Waals surface area contributed by atoms with Crippen molar-refractivity contribution in [1.82, 2.24) is 35.1 Å². The lowest BCUT2D eigenvalue weighted by Gasteiger charge is -2.27. The molecule has 10 N–H and O–H groups in total. The lowest BCUT2D eigenvalue weighted by Crippen LogP contribution is -2.51. The number of hydrogen-bond donors (Lipinski definition) is 7. The molecular weight excluding hydrogens is 1200 g/mol. The van der Waals surface area contributed by atoms with E-state index >= 15 is 0 Å². The summed E-state index contributed by atoms with van der Waals surface area (Å²) < 4.78 is 3.03. The molecule has 6 aromatic rings. The van der Waals surface area contributed by atoms with Gasteiger partial charge in [-0.1, -0.05) is 95.1 Å². The van der Waals surface area contributed by atoms with E-state index in [1.165, 1.54) is 46.7 Å². The van der Waals surface area contributed by atoms with Crippen LogP contribution < -0.4 is 43.0 Å². The van der Waals surface area contributed by atoms with Gasteiger partial charge in [0.25, 0.3) is 23.6 Å². The summed E-state index contributed by atoms with van der Waals surface area (Å²) >= 11 is 34.2. The fraction of sp³-hybridized carbons (Fsp3) is 0.259. The van der Waals surface area contributed by atoms with Gasteiger partial charge in [-0.15, -0.1) is 12.4 Å². The van der Waals surface area contributed by atoms with Crippen LogP contribution in [0.5, 0.6) is 0 Å². The van der Waals surface area contributed by atoms with Crippen LogP contribution in [0.25, 0.3) is 0 Å². The molecule has 2 aromatic heterocycles. The van der Waals surface area contributed by atoms with Crippen LogP contribution in [0.3, 0.4) is 0 Å².